The van der Waals surface area contributed by atoms with Gasteiger partial charge in [-0.05, 0) is 18.9 Å². The number of pyridine rings is 1. The molecular formula is C17H18N2+. The molecule has 1 radical (unpaired) electrons. The summed E-state index contributed by atoms with van der Waals surface area (Å²) >= 11 is 0. The minimum atomic E-state index is 0.716. The Hall–Kier alpha value is -1.93. The van der Waals surface area contributed by atoms with Crippen molar-refractivity contribution < 1.29 is 0 Å². The smallest absolute Gasteiger partial charge is 0.150 e. The number of para-hydroxylation sites is 1. The maximum atomic E-state index is 4.12. The van der Waals surface area contributed by atoms with E-state index in [1.807, 2.05) is 12.4 Å². The molecule has 0 aliphatic carbocycles. The van der Waals surface area contributed by atoms with Crippen molar-refractivity contribution in [1.29, 1.82) is 0 Å². The van der Waals surface area contributed by atoms with Crippen LogP contribution in [-0.2, 0) is 0 Å². The summed E-state index contributed by atoms with van der Waals surface area (Å²) in [6, 6.07) is 12.8. The predicted molar refractivity (Wildman–Crippen MR) is 80.6 cm³/mol. The average Bonchev–Trinajstić information content (AvgIpc) is 2.75. The molecule has 0 saturated heterocycles. The molecule has 2 aromatic rings. The van der Waals surface area contributed by atoms with Crippen LogP contribution in [0.2, 0.25) is 0 Å². The van der Waals surface area contributed by atoms with Gasteiger partial charge in [-0.15, -0.1) is 0 Å². The number of hydrogen-bond donors (Lipinski definition) is 0. The lowest BCUT2D eigenvalue weighted by molar-refractivity contribution is 0.622. The van der Waals surface area contributed by atoms with E-state index in [1.165, 1.54) is 22.5 Å². The Kier molecular flexibility index (Phi) is 2.96. The van der Waals surface area contributed by atoms with Crippen LogP contribution in [0.15, 0.2) is 55.0 Å². The summed E-state index contributed by atoms with van der Waals surface area (Å²) in [5.41, 5.74) is 5.31. The maximum absolute atomic E-state index is 4.12. The van der Waals surface area contributed by atoms with Crippen LogP contribution in [0, 0.1) is 6.92 Å². The fourth-order valence-electron chi connectivity index (χ4n) is 2.86. The van der Waals surface area contributed by atoms with E-state index in [0.717, 1.165) is 12.8 Å². The first kappa shape index (κ1) is 12.1. The summed E-state index contributed by atoms with van der Waals surface area (Å²) < 4.78 is 0.716. The molecule has 0 saturated carbocycles. The molecule has 0 spiro atoms. The van der Waals surface area contributed by atoms with Crippen LogP contribution in [0.4, 0.5) is 11.4 Å². The van der Waals surface area contributed by atoms with Gasteiger partial charge >= 0.3 is 0 Å². The monoisotopic (exact) mass is 250 g/mol. The zero-order valence-electron chi connectivity index (χ0n) is 11.2. The highest BCUT2D eigenvalue weighted by molar-refractivity contribution is 5.85. The van der Waals surface area contributed by atoms with E-state index in [9.17, 15) is 0 Å². The minimum absolute atomic E-state index is 0.716. The summed E-state index contributed by atoms with van der Waals surface area (Å²) in [4.78, 5) is 4.12. The molecule has 1 aliphatic heterocycles. The number of quaternary nitrogens is 1. The summed E-state index contributed by atoms with van der Waals surface area (Å²) in [6.45, 7) is 3.98. The van der Waals surface area contributed by atoms with Crippen molar-refractivity contribution in [3.8, 4) is 0 Å². The SMILES string of the molecule is [CH2]CCC1=C[N+](C)(c2ccncc2)c2ccccc21. The van der Waals surface area contributed by atoms with E-state index in [4.69, 9.17) is 0 Å². The number of hydrogen-bond acceptors (Lipinski definition) is 1. The van der Waals surface area contributed by atoms with Gasteiger partial charge in [0.2, 0.25) is 0 Å². The van der Waals surface area contributed by atoms with Crippen LogP contribution < -0.4 is 4.48 Å². The third-order valence-electron chi connectivity index (χ3n) is 3.81. The number of rotatable bonds is 3. The van der Waals surface area contributed by atoms with E-state index in [0.29, 0.717) is 4.48 Å². The molecule has 1 aromatic heterocycles. The lowest BCUT2D eigenvalue weighted by Crippen LogP contribution is -2.31. The molecule has 1 aliphatic rings. The zero-order valence-corrected chi connectivity index (χ0v) is 11.2. The highest BCUT2D eigenvalue weighted by atomic mass is 15.3. The summed E-state index contributed by atoms with van der Waals surface area (Å²) in [5, 5.41) is 0. The molecule has 0 bridgehead atoms. The molecule has 0 fully saturated rings. The van der Waals surface area contributed by atoms with E-state index in [1.54, 1.807) is 0 Å². The largest absolute Gasteiger partial charge is 0.264 e. The first-order valence-corrected chi connectivity index (χ1v) is 6.63. The molecular weight excluding hydrogens is 232 g/mol. The lowest BCUT2D eigenvalue weighted by Gasteiger charge is -2.26. The Morgan fingerprint density at radius 2 is 1.84 bits per heavy atom. The van der Waals surface area contributed by atoms with Crippen molar-refractivity contribution in [2.24, 2.45) is 0 Å². The van der Waals surface area contributed by atoms with Crippen LogP contribution in [0.5, 0.6) is 0 Å². The average molecular weight is 250 g/mol. The van der Waals surface area contributed by atoms with E-state index < -0.39 is 0 Å². The Bertz CT molecular complexity index is 616. The molecule has 1 aromatic carbocycles. The quantitative estimate of drug-likeness (QED) is 0.739. The number of aromatic nitrogens is 1. The van der Waals surface area contributed by atoms with Gasteiger partial charge in [-0.2, -0.15) is 0 Å². The first-order valence-electron chi connectivity index (χ1n) is 6.63. The van der Waals surface area contributed by atoms with Crippen LogP contribution in [-0.4, -0.2) is 12.0 Å². The molecule has 0 N–H and O–H groups in total. The van der Waals surface area contributed by atoms with Crippen molar-refractivity contribution >= 4 is 16.9 Å². The molecule has 3 rings (SSSR count). The molecule has 1 unspecified atom stereocenters. The van der Waals surface area contributed by atoms with Crippen molar-refractivity contribution in [1.82, 2.24) is 9.47 Å². The Labute approximate surface area is 114 Å². The van der Waals surface area contributed by atoms with Gasteiger partial charge in [0, 0.05) is 41.7 Å². The van der Waals surface area contributed by atoms with Crippen molar-refractivity contribution in [2.45, 2.75) is 12.8 Å². The molecule has 1 atom stereocenters. The second-order valence-electron chi connectivity index (χ2n) is 5.06. The summed E-state index contributed by atoms with van der Waals surface area (Å²) in [7, 11) is 2.23. The fourth-order valence-corrected chi connectivity index (χ4v) is 2.86. The van der Waals surface area contributed by atoms with Gasteiger partial charge in [0.25, 0.3) is 0 Å². The molecule has 95 valence electrons. The van der Waals surface area contributed by atoms with Gasteiger partial charge in [-0.3, -0.25) is 4.98 Å². The molecule has 0 amide bonds. The Balaban J connectivity index is 2.17. The molecule has 2 heteroatoms. The summed E-state index contributed by atoms with van der Waals surface area (Å²) in [6.07, 6.45) is 8.00. The summed E-state index contributed by atoms with van der Waals surface area (Å²) in [5.74, 6) is 0. The number of fused-ring (bicyclic) bond motifs is 1. The fraction of sp³-hybridized carbons (Fsp3) is 0.176. The van der Waals surface area contributed by atoms with Crippen molar-refractivity contribution in [3.63, 3.8) is 0 Å². The molecule has 19 heavy (non-hydrogen) atoms. The van der Waals surface area contributed by atoms with Gasteiger partial charge in [-0.1, -0.05) is 19.1 Å². The topological polar surface area (TPSA) is 12.9 Å². The molecule has 2 nitrogen and oxygen atoms in total. The van der Waals surface area contributed by atoms with Crippen molar-refractivity contribution in [3.05, 3.63) is 67.5 Å². The minimum Gasteiger partial charge on any atom is -0.264 e. The standard InChI is InChI=1S/C17H18N2/c1-3-6-14-13-19(2,15-9-11-18-12-10-15)17-8-5-4-7-16(14)17/h4-5,7-13H,1,3,6H2,2H3/q+1. The second-order valence-corrected chi connectivity index (χ2v) is 5.06. The van der Waals surface area contributed by atoms with Gasteiger partial charge < -0.3 is 0 Å². The van der Waals surface area contributed by atoms with E-state index in [2.05, 4.69) is 61.6 Å². The van der Waals surface area contributed by atoms with E-state index in [-0.39, 0.29) is 0 Å². The third-order valence-corrected chi connectivity index (χ3v) is 3.81. The predicted octanol–water partition coefficient (Wildman–Crippen LogP) is 4.32. The first-order chi connectivity index (χ1) is 9.25. The van der Waals surface area contributed by atoms with Gasteiger partial charge in [0.1, 0.15) is 17.6 Å². The van der Waals surface area contributed by atoms with Crippen molar-refractivity contribution in [2.75, 3.05) is 7.05 Å². The van der Waals surface area contributed by atoms with Gasteiger partial charge in [-0.25, -0.2) is 4.48 Å². The number of nitrogens with zero attached hydrogens (tertiary/aromatic N) is 2. The second kappa shape index (κ2) is 4.63. The highest BCUT2D eigenvalue weighted by Crippen LogP contribution is 2.45. The normalized spacial score (nSPS) is 21.1. The number of benzene rings is 1. The lowest BCUT2D eigenvalue weighted by atomic mass is 10.0. The maximum Gasteiger partial charge on any atom is 0.150 e. The van der Waals surface area contributed by atoms with Crippen LogP contribution in [0.3, 0.4) is 0 Å². The van der Waals surface area contributed by atoms with Gasteiger partial charge in [0.15, 0.2) is 0 Å². The molecule has 2 heterocycles. The van der Waals surface area contributed by atoms with Crippen LogP contribution >= 0.6 is 0 Å². The van der Waals surface area contributed by atoms with E-state index >= 15 is 0 Å². The number of allylic oxidation sites excluding steroid dienone is 1. The van der Waals surface area contributed by atoms with Crippen LogP contribution in [0.1, 0.15) is 18.4 Å². The Morgan fingerprint density at radius 3 is 2.58 bits per heavy atom. The zero-order chi connectivity index (χ0) is 13.3. The van der Waals surface area contributed by atoms with Crippen LogP contribution in [0.25, 0.3) is 5.57 Å². The Morgan fingerprint density at radius 1 is 1.11 bits per heavy atom. The van der Waals surface area contributed by atoms with Gasteiger partial charge in [0.05, 0.1) is 7.05 Å². The third kappa shape index (κ3) is 1.89. The highest BCUT2D eigenvalue weighted by Gasteiger charge is 2.36.